The van der Waals surface area contributed by atoms with E-state index in [1.165, 1.54) is 42.5 Å². The zero-order chi connectivity index (χ0) is 24.8. The number of allylic oxidation sites excluding steroid dienone is 1. The van der Waals surface area contributed by atoms with Crippen LogP contribution in [0.4, 0.5) is 0 Å². The van der Waals surface area contributed by atoms with Crippen molar-refractivity contribution in [1.82, 2.24) is 15.5 Å². The number of aliphatic imine (C=N–C) groups is 1. The number of rotatable bonds is 9. The molecule has 3 aliphatic rings. The molecule has 0 spiro atoms. The van der Waals surface area contributed by atoms with Crippen molar-refractivity contribution in [2.45, 2.75) is 77.5 Å². The van der Waals surface area contributed by atoms with E-state index in [0.29, 0.717) is 25.0 Å². The molecule has 1 aliphatic heterocycles. The Balaban J connectivity index is 1.31. The summed E-state index contributed by atoms with van der Waals surface area (Å²) in [5.74, 6) is 3.21. The summed E-state index contributed by atoms with van der Waals surface area (Å²) in [6.07, 6.45) is 9.25. The lowest BCUT2D eigenvalue weighted by molar-refractivity contribution is 0.150. The van der Waals surface area contributed by atoms with Crippen molar-refractivity contribution in [3.05, 3.63) is 35.0 Å². The maximum Gasteiger partial charge on any atom is 0.187 e. The van der Waals surface area contributed by atoms with Gasteiger partial charge in [0.25, 0.3) is 0 Å². The van der Waals surface area contributed by atoms with Gasteiger partial charge in [-0.25, -0.2) is 4.99 Å². The molecule has 0 saturated heterocycles. The molecule has 0 aromatic heterocycles. The molecule has 35 heavy (non-hydrogen) atoms. The van der Waals surface area contributed by atoms with Crippen molar-refractivity contribution in [1.29, 1.82) is 0 Å². The number of benzene rings is 1. The number of nitrogens with one attached hydrogen (secondary N) is 2. The van der Waals surface area contributed by atoms with Gasteiger partial charge in [-0.2, -0.15) is 0 Å². The van der Waals surface area contributed by atoms with Gasteiger partial charge in [-0.1, -0.05) is 6.07 Å². The molecule has 1 saturated carbocycles. The molecule has 1 heterocycles. The van der Waals surface area contributed by atoms with Crippen LogP contribution in [0.1, 0.15) is 70.8 Å². The van der Waals surface area contributed by atoms with E-state index in [9.17, 15) is 0 Å². The minimum Gasteiger partial charge on any atom is -0.494 e. The standard InChI is InChI=1S/C28H45N5O2/c1-5-34-23-16-13-21(26(17-23)35-6-2)19-30-18-20-11-14-22(15-12-20)28(29)31-25-10-8-7-9-24(25)27(32-28)33(3)4/h13,16-17,20,22,30-31H,5-12,14-15,18-19,29H2,1-4H3. The lowest BCUT2D eigenvalue weighted by atomic mass is 9.77. The Kier molecular flexibility index (Phi) is 8.60. The fraction of sp³-hybridized carbons (Fsp3) is 0.679. The van der Waals surface area contributed by atoms with E-state index < -0.39 is 5.79 Å². The first kappa shape index (κ1) is 25.8. The van der Waals surface area contributed by atoms with Crippen molar-refractivity contribution in [2.75, 3.05) is 33.9 Å². The summed E-state index contributed by atoms with van der Waals surface area (Å²) in [5.41, 5.74) is 10.9. The van der Waals surface area contributed by atoms with E-state index in [2.05, 4.69) is 35.7 Å². The van der Waals surface area contributed by atoms with Gasteiger partial charge in [-0.3, -0.25) is 5.73 Å². The van der Waals surface area contributed by atoms with Crippen molar-refractivity contribution >= 4 is 5.84 Å². The third kappa shape index (κ3) is 6.12. The number of likely N-dealkylation sites (N-methyl/N-ethyl adjacent to an activating group) is 1. The first-order valence-corrected chi connectivity index (χ1v) is 13.6. The van der Waals surface area contributed by atoms with E-state index in [-0.39, 0.29) is 0 Å². The molecule has 0 bridgehead atoms. The first-order valence-electron chi connectivity index (χ1n) is 13.6. The number of hydrogen-bond donors (Lipinski definition) is 3. The van der Waals surface area contributed by atoms with Crippen molar-refractivity contribution in [3.63, 3.8) is 0 Å². The second kappa shape index (κ2) is 11.7. The second-order valence-corrected chi connectivity index (χ2v) is 10.4. The van der Waals surface area contributed by atoms with Crippen LogP contribution in [-0.4, -0.2) is 50.4 Å². The van der Waals surface area contributed by atoms with Gasteiger partial charge >= 0.3 is 0 Å². The minimum absolute atomic E-state index is 0.361. The Hall–Kier alpha value is -2.25. The van der Waals surface area contributed by atoms with Crippen LogP contribution in [-0.2, 0) is 6.54 Å². The Morgan fingerprint density at radius 2 is 1.83 bits per heavy atom. The fourth-order valence-electron chi connectivity index (χ4n) is 5.81. The molecule has 1 fully saturated rings. The molecule has 0 amide bonds. The van der Waals surface area contributed by atoms with E-state index >= 15 is 0 Å². The molecule has 1 aromatic carbocycles. The summed E-state index contributed by atoms with van der Waals surface area (Å²) in [6.45, 7) is 7.14. The predicted octanol–water partition coefficient (Wildman–Crippen LogP) is 4.38. The van der Waals surface area contributed by atoms with Gasteiger partial charge in [0.2, 0.25) is 0 Å². The summed E-state index contributed by atoms with van der Waals surface area (Å²) in [7, 11) is 4.18. The van der Waals surface area contributed by atoms with Crippen LogP contribution >= 0.6 is 0 Å². The molecular formula is C28H45N5O2. The second-order valence-electron chi connectivity index (χ2n) is 10.4. The molecule has 4 rings (SSSR count). The van der Waals surface area contributed by atoms with Crippen LogP contribution in [0.5, 0.6) is 11.5 Å². The summed E-state index contributed by atoms with van der Waals surface area (Å²) in [5, 5.41) is 7.38. The van der Waals surface area contributed by atoms with Crippen molar-refractivity contribution in [3.8, 4) is 11.5 Å². The zero-order valence-electron chi connectivity index (χ0n) is 22.2. The molecule has 1 aromatic rings. The van der Waals surface area contributed by atoms with Gasteiger partial charge in [-0.15, -0.1) is 0 Å². The molecule has 7 heteroatoms. The van der Waals surface area contributed by atoms with Crippen LogP contribution < -0.4 is 25.8 Å². The SMILES string of the molecule is CCOc1ccc(CNCC2CCC(C3(N)N=C(N(C)C)C4=C(CCCC4)N3)CC2)c(OCC)c1. The highest BCUT2D eigenvalue weighted by Gasteiger charge is 2.42. The zero-order valence-corrected chi connectivity index (χ0v) is 22.2. The monoisotopic (exact) mass is 483 g/mol. The number of amidine groups is 1. The molecule has 4 N–H and O–H groups in total. The van der Waals surface area contributed by atoms with Gasteiger partial charge in [0.1, 0.15) is 17.3 Å². The van der Waals surface area contributed by atoms with Crippen molar-refractivity contribution in [2.24, 2.45) is 22.6 Å². The lowest BCUT2D eigenvalue weighted by Gasteiger charge is -2.45. The van der Waals surface area contributed by atoms with E-state index in [1.54, 1.807) is 0 Å². The number of nitrogens with zero attached hydrogens (tertiary/aromatic N) is 2. The maximum absolute atomic E-state index is 6.97. The van der Waals surface area contributed by atoms with Crippen LogP contribution in [0.15, 0.2) is 34.5 Å². The average Bonchev–Trinajstić information content (AvgIpc) is 2.85. The van der Waals surface area contributed by atoms with E-state index in [4.69, 9.17) is 20.2 Å². The van der Waals surface area contributed by atoms with Crippen LogP contribution in [0.25, 0.3) is 0 Å². The predicted molar refractivity (Wildman–Crippen MR) is 143 cm³/mol. The van der Waals surface area contributed by atoms with Gasteiger partial charge in [-0.05, 0) is 83.7 Å². The summed E-state index contributed by atoms with van der Waals surface area (Å²) < 4.78 is 11.5. The number of hydrogen-bond acceptors (Lipinski definition) is 7. The largest absolute Gasteiger partial charge is 0.494 e. The minimum atomic E-state index is -0.678. The highest BCUT2D eigenvalue weighted by molar-refractivity contribution is 5.99. The molecular weight excluding hydrogens is 438 g/mol. The Labute approximate surface area is 211 Å². The van der Waals surface area contributed by atoms with Gasteiger partial charge in [0.05, 0.1) is 13.2 Å². The average molecular weight is 484 g/mol. The summed E-state index contributed by atoms with van der Waals surface area (Å²) in [6, 6.07) is 6.14. The smallest absolute Gasteiger partial charge is 0.187 e. The summed E-state index contributed by atoms with van der Waals surface area (Å²) in [4.78, 5) is 7.26. The molecule has 7 nitrogen and oxygen atoms in total. The topological polar surface area (TPSA) is 84.1 Å². The quantitative estimate of drug-likeness (QED) is 0.483. The Bertz CT molecular complexity index is 920. The van der Waals surface area contributed by atoms with Gasteiger partial charge in [0.15, 0.2) is 5.79 Å². The van der Waals surface area contributed by atoms with Crippen molar-refractivity contribution < 1.29 is 9.47 Å². The Morgan fingerprint density at radius 3 is 2.54 bits per heavy atom. The van der Waals surface area contributed by atoms with Crippen LogP contribution in [0, 0.1) is 11.8 Å². The van der Waals surface area contributed by atoms with Crippen LogP contribution in [0.2, 0.25) is 0 Å². The highest BCUT2D eigenvalue weighted by Crippen LogP contribution is 2.38. The molecule has 1 atom stereocenters. The number of nitrogens with two attached hydrogens (primary N) is 1. The third-order valence-electron chi connectivity index (χ3n) is 7.67. The van der Waals surface area contributed by atoms with E-state index in [1.807, 2.05) is 26.0 Å². The number of ether oxygens (including phenoxy) is 2. The van der Waals surface area contributed by atoms with Gasteiger partial charge in [0, 0.05) is 49.5 Å². The third-order valence-corrected chi connectivity index (χ3v) is 7.67. The highest BCUT2D eigenvalue weighted by atomic mass is 16.5. The molecule has 194 valence electrons. The maximum atomic E-state index is 6.97. The molecule has 2 aliphatic carbocycles. The molecule has 0 radical (unpaired) electrons. The van der Waals surface area contributed by atoms with E-state index in [0.717, 1.165) is 56.1 Å². The lowest BCUT2D eigenvalue weighted by Crippen LogP contribution is -2.61. The summed E-state index contributed by atoms with van der Waals surface area (Å²) >= 11 is 0. The normalized spacial score (nSPS) is 26.5. The fourth-order valence-corrected chi connectivity index (χ4v) is 5.81. The van der Waals surface area contributed by atoms with Gasteiger partial charge < -0.3 is 25.0 Å². The Morgan fingerprint density at radius 1 is 1.09 bits per heavy atom. The first-order chi connectivity index (χ1) is 16.9. The van der Waals surface area contributed by atoms with Crippen LogP contribution in [0.3, 0.4) is 0 Å². The molecule has 1 unspecified atom stereocenters.